The quantitative estimate of drug-likeness (QED) is 0.0329. The van der Waals surface area contributed by atoms with Gasteiger partial charge in [0.25, 0.3) is 0 Å². The van der Waals surface area contributed by atoms with Gasteiger partial charge in [0.15, 0.2) is 0 Å². The van der Waals surface area contributed by atoms with E-state index in [1.54, 1.807) is 26.0 Å². The minimum atomic E-state index is -0.802. The van der Waals surface area contributed by atoms with Gasteiger partial charge in [-0.05, 0) is 98.1 Å². The molecule has 0 saturated heterocycles. The highest BCUT2D eigenvalue weighted by molar-refractivity contribution is 14.1. The second-order valence-electron chi connectivity index (χ2n) is 16.4. The summed E-state index contributed by atoms with van der Waals surface area (Å²) in [5.74, 6) is -2.56. The average Bonchev–Trinajstić information content (AvgIpc) is 3.29. The van der Waals surface area contributed by atoms with E-state index in [9.17, 15) is 43.5 Å². The normalized spacial score (nSPS) is 12.3. The number of carbonyl (C=O) groups is 8. The molecule has 0 aliphatic rings. The predicted molar refractivity (Wildman–Crippen MR) is 264 cm³/mol. The summed E-state index contributed by atoms with van der Waals surface area (Å²) in [6.45, 7) is 6.39. The summed E-state index contributed by atoms with van der Waals surface area (Å²) >= 11 is 2.04. The van der Waals surface area contributed by atoms with E-state index in [4.69, 9.17) is 30.4 Å². The fraction of sp³-hybridized carbons (Fsp3) is 0.696. The third-order valence-corrected chi connectivity index (χ3v) is 11.3. The first-order valence-electron chi connectivity index (χ1n) is 23.6. The van der Waals surface area contributed by atoms with Crippen molar-refractivity contribution in [1.29, 1.82) is 0 Å². The van der Waals surface area contributed by atoms with E-state index in [0.29, 0.717) is 77.4 Å². The maximum atomic E-state index is 13.1. The molecular weight excluding hydrogens is 997 g/mol. The minimum absolute atomic E-state index is 0. The van der Waals surface area contributed by atoms with Gasteiger partial charge in [-0.25, -0.2) is 0 Å². The molecule has 3 atom stereocenters. The summed E-state index contributed by atoms with van der Waals surface area (Å²) in [7, 11) is 0. The largest absolute Gasteiger partial charge is 0.507 e. The van der Waals surface area contributed by atoms with Crippen molar-refractivity contribution < 1.29 is 63.8 Å². The second-order valence-corrected chi connectivity index (χ2v) is 17.5. The van der Waals surface area contributed by atoms with E-state index >= 15 is 0 Å². The van der Waals surface area contributed by atoms with Gasteiger partial charge in [-0.1, -0.05) is 32.8 Å². The number of aryl methyl sites for hydroxylation is 1. The highest BCUT2D eigenvalue weighted by atomic mass is 125. The lowest BCUT2D eigenvalue weighted by Gasteiger charge is -2.19. The van der Waals surface area contributed by atoms with Gasteiger partial charge in [0, 0.05) is 65.2 Å². The van der Waals surface area contributed by atoms with Gasteiger partial charge in [-0.3, -0.25) is 38.4 Å². The standard InChI is InChI=1S/C46H77IN8O13.H2/c1-33(44(48)62)10-3-6-20-51-42(60)31-67-28-27-66-25-23-53-43(61)32-68-29-26-65-24-22-52-39(57)13-9-14-41(59)55-37(46(64)54-21-7-4-11-34(2)45(49)63)12-5-8-19-50-40(58)18-16-35-15-17-38(56)36(47)30-35;/h15,17,30,33-34,37,56H,3-14,16,18-29,31-32H2,1-2H3,(H2,48,62)(H2,49,63)(H,50,58)(H,51,60)(H,52,57)(H,53,61)(H,54,64)(H,55,59);1H/t33-,34-,37-;/m0./s1/i47-2;. The Kier molecular flexibility index (Phi) is 35.4. The fourth-order valence-corrected chi connectivity index (χ4v) is 6.76. The van der Waals surface area contributed by atoms with Crippen molar-refractivity contribution in [1.82, 2.24) is 31.9 Å². The van der Waals surface area contributed by atoms with Crippen molar-refractivity contribution in [2.75, 3.05) is 85.6 Å². The van der Waals surface area contributed by atoms with Gasteiger partial charge in [0.1, 0.15) is 25.0 Å². The van der Waals surface area contributed by atoms with Crippen LogP contribution in [0.25, 0.3) is 0 Å². The van der Waals surface area contributed by atoms with Crippen molar-refractivity contribution >= 4 is 69.8 Å². The van der Waals surface area contributed by atoms with Gasteiger partial charge in [0.2, 0.25) is 47.3 Å². The SMILES string of the molecule is C[C@@H](CCCCNC(=O)COCCOCCNC(=O)COCCOCCNC(=O)CCCC(=O)N[C@@H](CCCCNC(=O)CCc1ccc(O)c([125I])c1)C(=O)NCCCC[C@H](C)C(N)=O)C(N)=O.[HH]. The Labute approximate surface area is 415 Å². The minimum Gasteiger partial charge on any atom is -0.507 e. The number of halogens is 1. The molecule has 1 rings (SSSR count). The molecule has 1 aromatic carbocycles. The lowest BCUT2D eigenvalue weighted by molar-refractivity contribution is -0.129. The topological polar surface area (TPSA) is 318 Å². The molecular formula is C46H79IN8O13. The number of carbonyl (C=O) groups excluding carboxylic acids is 8. The molecule has 22 heteroatoms. The Morgan fingerprint density at radius 2 is 1.01 bits per heavy atom. The third-order valence-electron chi connectivity index (χ3n) is 10.4. The van der Waals surface area contributed by atoms with Crippen LogP contribution in [0.1, 0.15) is 104 Å². The van der Waals surface area contributed by atoms with E-state index in [0.717, 1.165) is 22.0 Å². The number of amides is 8. The van der Waals surface area contributed by atoms with Gasteiger partial charge < -0.3 is 67.4 Å². The lowest BCUT2D eigenvalue weighted by atomic mass is 10.0. The Bertz CT molecular complexity index is 1680. The zero-order valence-electron chi connectivity index (χ0n) is 39.9. The summed E-state index contributed by atoms with van der Waals surface area (Å²) in [6.07, 6.45) is 6.88. The molecule has 0 spiro atoms. The van der Waals surface area contributed by atoms with Crippen molar-refractivity contribution in [2.24, 2.45) is 23.3 Å². The zero-order valence-corrected chi connectivity index (χ0v) is 42.1. The van der Waals surface area contributed by atoms with Crippen LogP contribution in [0.5, 0.6) is 5.75 Å². The molecule has 8 amide bonds. The van der Waals surface area contributed by atoms with Crippen LogP contribution in [-0.2, 0) is 63.7 Å². The van der Waals surface area contributed by atoms with Crippen LogP contribution in [0, 0.1) is 15.4 Å². The van der Waals surface area contributed by atoms with E-state index in [1.807, 2.05) is 28.7 Å². The zero-order chi connectivity index (χ0) is 50.4. The van der Waals surface area contributed by atoms with Gasteiger partial charge in [0.05, 0.1) is 43.2 Å². The molecule has 388 valence electrons. The number of nitrogens with two attached hydrogens (primary N) is 2. The van der Waals surface area contributed by atoms with Gasteiger partial charge in [-0.2, -0.15) is 0 Å². The predicted octanol–water partition coefficient (Wildman–Crippen LogP) is 1.23. The summed E-state index contributed by atoms with van der Waals surface area (Å²) in [6, 6.07) is 4.42. The number of phenols is 1. The number of benzene rings is 1. The Hall–Kier alpha value is -4.65. The van der Waals surface area contributed by atoms with Crippen molar-refractivity contribution in [3.8, 4) is 5.75 Å². The third kappa shape index (κ3) is 33.8. The number of hydrogen-bond donors (Lipinski definition) is 9. The van der Waals surface area contributed by atoms with Crippen LogP contribution >= 0.6 is 22.6 Å². The molecule has 0 aromatic heterocycles. The first-order chi connectivity index (χ1) is 32.6. The van der Waals surface area contributed by atoms with Crippen molar-refractivity contribution in [3.05, 3.63) is 27.3 Å². The van der Waals surface area contributed by atoms with E-state index < -0.39 is 6.04 Å². The van der Waals surface area contributed by atoms with E-state index in [1.165, 1.54) is 0 Å². The summed E-state index contributed by atoms with van der Waals surface area (Å²) in [4.78, 5) is 96.8. The number of ether oxygens (including phenoxy) is 4. The van der Waals surface area contributed by atoms with Gasteiger partial charge >= 0.3 is 0 Å². The molecule has 1 aromatic rings. The molecule has 0 radical (unpaired) electrons. The lowest BCUT2D eigenvalue weighted by Crippen LogP contribution is -2.47. The molecule has 0 unspecified atom stereocenters. The van der Waals surface area contributed by atoms with E-state index in [2.05, 4.69) is 31.9 Å². The maximum absolute atomic E-state index is 13.1. The Balaban J connectivity index is 0.0000462. The van der Waals surface area contributed by atoms with Crippen LogP contribution in [0.2, 0.25) is 0 Å². The molecule has 0 aliphatic heterocycles. The Morgan fingerprint density at radius 3 is 1.56 bits per heavy atom. The summed E-state index contributed by atoms with van der Waals surface area (Å²) in [5, 5.41) is 26.4. The van der Waals surface area contributed by atoms with Crippen molar-refractivity contribution in [3.63, 3.8) is 0 Å². The monoisotopic (exact) mass is 1080 g/mol. The number of hydrogen-bond acceptors (Lipinski definition) is 13. The summed E-state index contributed by atoms with van der Waals surface area (Å²) in [5.41, 5.74) is 11.5. The molecule has 68 heavy (non-hydrogen) atoms. The molecule has 21 nitrogen and oxygen atoms in total. The van der Waals surface area contributed by atoms with Crippen LogP contribution in [0.3, 0.4) is 0 Å². The summed E-state index contributed by atoms with van der Waals surface area (Å²) < 4.78 is 22.1. The van der Waals surface area contributed by atoms with E-state index in [-0.39, 0.29) is 151 Å². The molecule has 0 saturated carbocycles. The first-order valence-corrected chi connectivity index (χ1v) is 24.7. The van der Waals surface area contributed by atoms with Crippen LogP contribution in [0.15, 0.2) is 18.2 Å². The highest BCUT2D eigenvalue weighted by Gasteiger charge is 2.21. The first kappa shape index (κ1) is 61.4. The fourth-order valence-electron chi connectivity index (χ4n) is 6.18. The average molecular weight is 1080 g/mol. The second kappa shape index (κ2) is 39.2. The van der Waals surface area contributed by atoms with Crippen LogP contribution in [0.4, 0.5) is 0 Å². The molecule has 0 fully saturated rings. The number of unbranched alkanes of at least 4 members (excludes halogenated alkanes) is 3. The van der Waals surface area contributed by atoms with Crippen LogP contribution < -0.4 is 43.4 Å². The number of phenolic OH excluding ortho intramolecular Hbond substituents is 1. The van der Waals surface area contributed by atoms with Crippen molar-refractivity contribution in [2.45, 2.75) is 110 Å². The maximum Gasteiger partial charge on any atom is 0.246 e. The molecule has 0 bridgehead atoms. The Morgan fingerprint density at radius 1 is 0.559 bits per heavy atom. The smallest absolute Gasteiger partial charge is 0.246 e. The number of primary amides is 2. The highest BCUT2D eigenvalue weighted by Crippen LogP contribution is 2.21. The number of nitrogens with one attached hydrogen (secondary N) is 6. The number of aromatic hydroxyl groups is 1. The van der Waals surface area contributed by atoms with Crippen LogP contribution in [-0.4, -0.2) is 144 Å². The molecule has 0 heterocycles. The number of rotatable bonds is 42. The molecule has 11 N–H and O–H groups in total. The van der Waals surface area contributed by atoms with Gasteiger partial charge in [-0.15, -0.1) is 0 Å². The molecule has 0 aliphatic carbocycles.